The summed E-state index contributed by atoms with van der Waals surface area (Å²) < 4.78 is 15.1. The van der Waals surface area contributed by atoms with Gasteiger partial charge in [0.1, 0.15) is 17.9 Å². The van der Waals surface area contributed by atoms with Crippen LogP contribution in [0.1, 0.15) is 11.3 Å². The third-order valence-electron chi connectivity index (χ3n) is 5.76. The highest BCUT2D eigenvalue weighted by molar-refractivity contribution is 5.97. The number of aromatic amines is 1. The number of hydrogen-bond acceptors (Lipinski definition) is 5. The van der Waals surface area contributed by atoms with Crippen LogP contribution in [-0.2, 0) is 22.6 Å². The summed E-state index contributed by atoms with van der Waals surface area (Å²) in [5.41, 5.74) is 2.42. The normalized spacial score (nSPS) is 21.8. The summed E-state index contributed by atoms with van der Waals surface area (Å²) in [6, 6.07) is 5.18. The minimum absolute atomic E-state index is 0.0576. The van der Waals surface area contributed by atoms with E-state index in [0.717, 1.165) is 11.3 Å². The maximum Gasteiger partial charge on any atom is 0.246 e. The van der Waals surface area contributed by atoms with E-state index in [1.165, 1.54) is 12.1 Å². The number of imidazole rings is 1. The zero-order valence-electron chi connectivity index (χ0n) is 16.7. The van der Waals surface area contributed by atoms with Crippen LogP contribution >= 0.6 is 0 Å². The molecule has 2 atom stereocenters. The second kappa shape index (κ2) is 7.95. The first-order chi connectivity index (χ1) is 15.1. The predicted octanol–water partition coefficient (Wildman–Crippen LogP) is 0.488. The average Bonchev–Trinajstić information content (AvgIpc) is 3.44. The van der Waals surface area contributed by atoms with Gasteiger partial charge in [-0.1, -0.05) is 6.07 Å². The molecule has 0 unspecified atom stereocenters. The van der Waals surface area contributed by atoms with Gasteiger partial charge in [0.15, 0.2) is 0 Å². The van der Waals surface area contributed by atoms with Gasteiger partial charge in [-0.05, 0) is 18.2 Å². The Morgan fingerprint density at radius 3 is 2.90 bits per heavy atom. The predicted molar refractivity (Wildman–Crippen MR) is 109 cm³/mol. The van der Waals surface area contributed by atoms with Crippen molar-refractivity contribution in [3.8, 4) is 5.69 Å². The maximum absolute atomic E-state index is 13.5. The van der Waals surface area contributed by atoms with Gasteiger partial charge in [-0.25, -0.2) is 14.1 Å². The average molecular weight is 423 g/mol. The van der Waals surface area contributed by atoms with Crippen molar-refractivity contribution in [3.05, 3.63) is 66.3 Å². The van der Waals surface area contributed by atoms with Gasteiger partial charge in [-0.15, -0.1) is 0 Å². The minimum atomic E-state index is -0.569. The molecular formula is C21H22FN7O2. The lowest BCUT2D eigenvalue weighted by Gasteiger charge is -2.45. The fraction of sp³-hybridized carbons (Fsp3) is 0.333. The molecule has 2 aromatic heterocycles. The Morgan fingerprint density at radius 1 is 1.19 bits per heavy atom. The number of benzene rings is 1. The van der Waals surface area contributed by atoms with Crippen LogP contribution in [0.2, 0.25) is 0 Å². The molecule has 2 fully saturated rings. The number of fused-ring (bicyclic) bond motifs is 1. The summed E-state index contributed by atoms with van der Waals surface area (Å²) in [5, 5.41) is 7.18. The number of carbonyl (C=O) groups is 2. The van der Waals surface area contributed by atoms with Crippen molar-refractivity contribution in [1.82, 2.24) is 34.9 Å². The van der Waals surface area contributed by atoms with E-state index >= 15 is 0 Å². The molecule has 160 valence electrons. The number of nitrogens with one attached hydrogen (secondary N) is 2. The Labute approximate surface area is 177 Å². The fourth-order valence-corrected chi connectivity index (χ4v) is 4.22. The summed E-state index contributed by atoms with van der Waals surface area (Å²) in [7, 11) is 0. The summed E-state index contributed by atoms with van der Waals surface area (Å²) in [6.07, 6.45) is 7.21. The highest BCUT2D eigenvalue weighted by Crippen LogP contribution is 2.20. The minimum Gasteiger partial charge on any atom is -0.348 e. The number of piperazine rings is 2. The molecule has 31 heavy (non-hydrogen) atoms. The lowest BCUT2D eigenvalue weighted by atomic mass is 10.0. The number of halogens is 1. The number of hydrogen-bond donors (Lipinski definition) is 2. The first-order valence-corrected chi connectivity index (χ1v) is 10.2. The number of aromatic nitrogens is 4. The third kappa shape index (κ3) is 3.93. The van der Waals surface area contributed by atoms with Gasteiger partial charge in [-0.3, -0.25) is 14.5 Å². The zero-order chi connectivity index (χ0) is 21.4. The molecular weight excluding hydrogens is 401 g/mol. The van der Waals surface area contributed by atoms with E-state index < -0.39 is 12.1 Å². The number of nitrogens with zero attached hydrogens (tertiary/aromatic N) is 5. The summed E-state index contributed by atoms with van der Waals surface area (Å²) in [5.74, 6) is -0.508. The SMILES string of the molecule is O=C1N[C@@H](Cc2cnc[nH]2)C(=O)N2CCN(Cc3cnn(-c4cccc(F)c4)c3)C[C@H]12. The summed E-state index contributed by atoms with van der Waals surface area (Å²) in [6.45, 7) is 2.21. The van der Waals surface area contributed by atoms with E-state index in [2.05, 4.69) is 25.3 Å². The van der Waals surface area contributed by atoms with E-state index in [1.807, 2.05) is 6.20 Å². The van der Waals surface area contributed by atoms with Crippen molar-refractivity contribution in [2.24, 2.45) is 0 Å². The number of carbonyl (C=O) groups excluding carboxylic acids is 2. The largest absolute Gasteiger partial charge is 0.348 e. The van der Waals surface area contributed by atoms with E-state index in [9.17, 15) is 14.0 Å². The van der Waals surface area contributed by atoms with Gasteiger partial charge < -0.3 is 15.2 Å². The molecule has 2 aliphatic rings. The molecule has 0 bridgehead atoms. The molecule has 10 heteroatoms. The zero-order valence-corrected chi connectivity index (χ0v) is 16.7. The Balaban J connectivity index is 1.23. The van der Waals surface area contributed by atoms with Crippen LogP contribution in [0.5, 0.6) is 0 Å². The quantitative estimate of drug-likeness (QED) is 0.622. The first-order valence-electron chi connectivity index (χ1n) is 10.2. The van der Waals surface area contributed by atoms with Crippen LogP contribution in [-0.4, -0.2) is 73.1 Å². The molecule has 4 heterocycles. The molecule has 0 aliphatic carbocycles. The summed E-state index contributed by atoms with van der Waals surface area (Å²) >= 11 is 0. The first kappa shape index (κ1) is 19.4. The second-order valence-electron chi connectivity index (χ2n) is 7.90. The second-order valence-corrected chi connectivity index (χ2v) is 7.90. The smallest absolute Gasteiger partial charge is 0.246 e. The molecule has 2 amide bonds. The highest BCUT2D eigenvalue weighted by Gasteiger charge is 2.43. The van der Waals surface area contributed by atoms with E-state index in [0.29, 0.717) is 38.3 Å². The Bertz CT molecular complexity index is 1100. The van der Waals surface area contributed by atoms with Gasteiger partial charge in [0.05, 0.1) is 18.2 Å². The molecule has 0 radical (unpaired) electrons. The maximum atomic E-state index is 13.5. The molecule has 0 spiro atoms. The molecule has 5 rings (SSSR count). The highest BCUT2D eigenvalue weighted by atomic mass is 19.1. The van der Waals surface area contributed by atoms with Gasteiger partial charge >= 0.3 is 0 Å². The monoisotopic (exact) mass is 423 g/mol. The Hall–Kier alpha value is -3.53. The van der Waals surface area contributed by atoms with Gasteiger partial charge in [-0.2, -0.15) is 5.10 Å². The molecule has 2 saturated heterocycles. The molecule has 2 N–H and O–H groups in total. The van der Waals surface area contributed by atoms with Gasteiger partial charge in [0.25, 0.3) is 0 Å². The van der Waals surface area contributed by atoms with Crippen molar-refractivity contribution in [3.63, 3.8) is 0 Å². The standard InChI is InChI=1S/C21H22FN7O2/c22-15-2-1-3-17(6-15)29-11-14(8-25-29)10-27-4-5-28-19(12-27)20(30)26-18(21(28)31)7-16-9-23-13-24-16/h1-3,6,8-9,11,13,18-19H,4-5,7,10,12H2,(H,23,24)(H,26,30)/t18-,19+/m0/s1. The van der Waals surface area contributed by atoms with Crippen molar-refractivity contribution in [2.75, 3.05) is 19.6 Å². The molecule has 3 aromatic rings. The van der Waals surface area contributed by atoms with E-state index in [1.54, 1.807) is 40.4 Å². The summed E-state index contributed by atoms with van der Waals surface area (Å²) in [4.78, 5) is 36.4. The van der Waals surface area contributed by atoms with Crippen LogP contribution in [0.25, 0.3) is 5.69 Å². The lowest BCUT2D eigenvalue weighted by molar-refractivity contribution is -0.153. The molecule has 2 aliphatic heterocycles. The van der Waals surface area contributed by atoms with Crippen molar-refractivity contribution in [2.45, 2.75) is 25.0 Å². The van der Waals surface area contributed by atoms with Crippen LogP contribution in [0.3, 0.4) is 0 Å². The number of amides is 2. The van der Waals surface area contributed by atoms with Crippen LogP contribution in [0.15, 0.2) is 49.2 Å². The van der Waals surface area contributed by atoms with E-state index in [4.69, 9.17) is 0 Å². The van der Waals surface area contributed by atoms with Gasteiger partial charge in [0, 0.05) is 56.3 Å². The Kier molecular flexibility index (Phi) is 4.99. The van der Waals surface area contributed by atoms with Crippen LogP contribution in [0, 0.1) is 5.82 Å². The fourth-order valence-electron chi connectivity index (χ4n) is 4.22. The molecule has 1 aromatic carbocycles. The van der Waals surface area contributed by atoms with Crippen LogP contribution in [0.4, 0.5) is 4.39 Å². The van der Waals surface area contributed by atoms with Crippen LogP contribution < -0.4 is 5.32 Å². The van der Waals surface area contributed by atoms with Gasteiger partial charge in [0.2, 0.25) is 11.8 Å². The topological polar surface area (TPSA) is 99.1 Å². The number of rotatable bonds is 5. The van der Waals surface area contributed by atoms with E-state index in [-0.39, 0.29) is 17.6 Å². The van der Waals surface area contributed by atoms with Crippen molar-refractivity contribution in [1.29, 1.82) is 0 Å². The molecule has 9 nitrogen and oxygen atoms in total. The molecule has 0 saturated carbocycles. The lowest BCUT2D eigenvalue weighted by Crippen LogP contribution is -2.69. The third-order valence-corrected chi connectivity index (χ3v) is 5.76. The Morgan fingerprint density at radius 2 is 2.10 bits per heavy atom. The number of H-pyrrole nitrogens is 1. The van der Waals surface area contributed by atoms with Crippen molar-refractivity contribution < 1.29 is 14.0 Å². The van der Waals surface area contributed by atoms with Crippen molar-refractivity contribution >= 4 is 11.8 Å².